The SMILES string of the molecule is CC1(C)CCCCC1NS(=O)(=O)c1cc(N)c(Br)cc1F. The summed E-state index contributed by atoms with van der Waals surface area (Å²) < 4.78 is 41.9. The highest BCUT2D eigenvalue weighted by atomic mass is 79.9. The van der Waals surface area contributed by atoms with Crippen LogP contribution in [0.4, 0.5) is 10.1 Å². The Labute approximate surface area is 133 Å². The minimum Gasteiger partial charge on any atom is -0.398 e. The summed E-state index contributed by atoms with van der Waals surface area (Å²) in [5.74, 6) is -0.808. The van der Waals surface area contributed by atoms with Crippen LogP contribution in [0.3, 0.4) is 0 Å². The van der Waals surface area contributed by atoms with E-state index in [1.165, 1.54) is 0 Å². The van der Waals surface area contributed by atoms with E-state index in [0.29, 0.717) is 4.47 Å². The molecule has 0 aromatic heterocycles. The van der Waals surface area contributed by atoms with Gasteiger partial charge in [0.1, 0.15) is 10.7 Å². The average molecular weight is 379 g/mol. The van der Waals surface area contributed by atoms with Crippen molar-refractivity contribution in [2.75, 3.05) is 5.73 Å². The Bertz CT molecular complexity index is 647. The summed E-state index contributed by atoms with van der Waals surface area (Å²) in [5, 5.41) is 0. The lowest BCUT2D eigenvalue weighted by atomic mass is 9.74. The molecule has 4 nitrogen and oxygen atoms in total. The van der Waals surface area contributed by atoms with Crippen LogP contribution >= 0.6 is 15.9 Å². The molecule has 1 unspecified atom stereocenters. The van der Waals surface area contributed by atoms with Gasteiger partial charge in [-0.15, -0.1) is 0 Å². The second-order valence-electron chi connectivity index (χ2n) is 6.21. The number of halogens is 2. The third-order valence-corrected chi connectivity index (χ3v) is 6.32. The largest absolute Gasteiger partial charge is 0.398 e. The highest BCUT2D eigenvalue weighted by Crippen LogP contribution is 2.36. The van der Waals surface area contributed by atoms with E-state index >= 15 is 0 Å². The number of anilines is 1. The number of nitrogens with two attached hydrogens (primary N) is 1. The van der Waals surface area contributed by atoms with Gasteiger partial charge in [-0.3, -0.25) is 0 Å². The van der Waals surface area contributed by atoms with E-state index in [9.17, 15) is 12.8 Å². The lowest BCUT2D eigenvalue weighted by molar-refractivity contribution is 0.188. The van der Waals surface area contributed by atoms with Gasteiger partial charge in [-0.05, 0) is 46.3 Å². The molecule has 0 heterocycles. The summed E-state index contributed by atoms with van der Waals surface area (Å²) in [7, 11) is -3.93. The van der Waals surface area contributed by atoms with Crippen molar-refractivity contribution in [3.05, 3.63) is 22.4 Å². The fourth-order valence-corrected chi connectivity index (χ4v) is 4.57. The van der Waals surface area contributed by atoms with Gasteiger partial charge in [-0.1, -0.05) is 26.7 Å². The van der Waals surface area contributed by atoms with E-state index in [0.717, 1.165) is 37.8 Å². The molecule has 0 amide bonds. The van der Waals surface area contributed by atoms with Gasteiger partial charge >= 0.3 is 0 Å². The number of sulfonamides is 1. The molecular formula is C14H20BrFN2O2S. The van der Waals surface area contributed by atoms with Crippen LogP contribution in [0.1, 0.15) is 39.5 Å². The maximum atomic E-state index is 14.0. The van der Waals surface area contributed by atoms with Crippen LogP contribution in [0.15, 0.2) is 21.5 Å². The molecule has 0 radical (unpaired) electrons. The molecule has 1 aromatic carbocycles. The molecule has 1 aliphatic rings. The van der Waals surface area contributed by atoms with Crippen molar-refractivity contribution >= 4 is 31.6 Å². The molecule has 0 spiro atoms. The van der Waals surface area contributed by atoms with E-state index in [1.807, 2.05) is 13.8 Å². The Kier molecular flexibility index (Phi) is 4.66. The molecular weight excluding hydrogens is 359 g/mol. The third-order valence-electron chi connectivity index (χ3n) is 4.15. The fraction of sp³-hybridized carbons (Fsp3) is 0.571. The molecule has 0 aliphatic heterocycles. The van der Waals surface area contributed by atoms with E-state index in [1.54, 1.807) is 0 Å². The van der Waals surface area contributed by atoms with Crippen molar-refractivity contribution in [1.82, 2.24) is 4.72 Å². The molecule has 1 aromatic rings. The highest BCUT2D eigenvalue weighted by Gasteiger charge is 2.36. The first kappa shape index (κ1) is 16.7. The number of nitrogens with one attached hydrogen (secondary N) is 1. The van der Waals surface area contributed by atoms with Gasteiger partial charge in [0.25, 0.3) is 0 Å². The predicted octanol–water partition coefficient (Wildman–Crippen LogP) is 3.42. The predicted molar refractivity (Wildman–Crippen MR) is 84.9 cm³/mol. The molecule has 118 valence electrons. The number of nitrogen functional groups attached to an aromatic ring is 1. The highest BCUT2D eigenvalue weighted by molar-refractivity contribution is 9.10. The van der Waals surface area contributed by atoms with Gasteiger partial charge < -0.3 is 5.73 Å². The monoisotopic (exact) mass is 378 g/mol. The van der Waals surface area contributed by atoms with Crippen LogP contribution in [-0.2, 0) is 10.0 Å². The smallest absolute Gasteiger partial charge is 0.243 e. The third kappa shape index (κ3) is 3.57. The summed E-state index contributed by atoms with van der Waals surface area (Å²) in [6, 6.07) is 2.04. The molecule has 21 heavy (non-hydrogen) atoms. The van der Waals surface area contributed by atoms with E-state index < -0.39 is 20.7 Å². The second-order valence-corrected chi connectivity index (χ2v) is 8.75. The van der Waals surface area contributed by atoms with E-state index in [4.69, 9.17) is 5.73 Å². The summed E-state index contributed by atoms with van der Waals surface area (Å²) in [6.07, 6.45) is 3.78. The molecule has 2 rings (SSSR count). The van der Waals surface area contributed by atoms with Gasteiger partial charge in [0, 0.05) is 16.2 Å². The molecule has 0 saturated heterocycles. The zero-order valence-corrected chi connectivity index (χ0v) is 14.5. The molecule has 3 N–H and O–H groups in total. The first-order valence-corrected chi connectivity index (χ1v) is 9.18. The van der Waals surface area contributed by atoms with Crippen LogP contribution in [0.5, 0.6) is 0 Å². The lowest BCUT2D eigenvalue weighted by Gasteiger charge is -2.38. The Morgan fingerprint density at radius 1 is 1.38 bits per heavy atom. The molecule has 1 fully saturated rings. The van der Waals surface area contributed by atoms with Gasteiger partial charge in [0.2, 0.25) is 10.0 Å². The van der Waals surface area contributed by atoms with Crippen molar-refractivity contribution in [3.63, 3.8) is 0 Å². The van der Waals surface area contributed by atoms with E-state index in [2.05, 4.69) is 20.7 Å². The molecule has 1 aliphatic carbocycles. The van der Waals surface area contributed by atoms with E-state index in [-0.39, 0.29) is 17.1 Å². The van der Waals surface area contributed by atoms with Crippen LogP contribution in [0.25, 0.3) is 0 Å². The first-order valence-electron chi connectivity index (χ1n) is 6.90. The van der Waals surface area contributed by atoms with Crippen molar-refractivity contribution < 1.29 is 12.8 Å². The van der Waals surface area contributed by atoms with Crippen LogP contribution in [0, 0.1) is 11.2 Å². The Balaban J connectivity index is 2.32. The van der Waals surface area contributed by atoms with Crippen LogP contribution in [0.2, 0.25) is 0 Å². The summed E-state index contributed by atoms with van der Waals surface area (Å²) in [5.41, 5.74) is 5.72. The average Bonchev–Trinajstić information content (AvgIpc) is 2.36. The summed E-state index contributed by atoms with van der Waals surface area (Å²) in [4.78, 5) is -0.399. The maximum Gasteiger partial charge on any atom is 0.243 e. The number of hydrogen-bond acceptors (Lipinski definition) is 3. The zero-order chi connectivity index (χ0) is 15.8. The van der Waals surface area contributed by atoms with Crippen molar-refractivity contribution in [2.24, 2.45) is 5.41 Å². The molecule has 1 atom stereocenters. The van der Waals surface area contributed by atoms with Gasteiger partial charge in [0.15, 0.2) is 0 Å². The fourth-order valence-electron chi connectivity index (χ4n) is 2.71. The lowest BCUT2D eigenvalue weighted by Crippen LogP contribution is -2.46. The Morgan fingerprint density at radius 2 is 2.05 bits per heavy atom. The Morgan fingerprint density at radius 3 is 2.67 bits per heavy atom. The number of benzene rings is 1. The standard InChI is InChI=1S/C14H20BrFN2O2S/c1-14(2)6-4-3-5-13(14)18-21(19,20)12-8-11(17)9(15)7-10(12)16/h7-8,13,18H,3-6,17H2,1-2H3. The summed E-state index contributed by atoms with van der Waals surface area (Å²) >= 11 is 3.08. The zero-order valence-electron chi connectivity index (χ0n) is 12.1. The minimum absolute atomic E-state index is 0.136. The maximum absolute atomic E-state index is 14.0. The molecule has 1 saturated carbocycles. The van der Waals surface area contributed by atoms with Gasteiger partial charge in [-0.25, -0.2) is 17.5 Å². The number of hydrogen-bond donors (Lipinski definition) is 2. The topological polar surface area (TPSA) is 72.2 Å². The van der Waals surface area contributed by atoms with Crippen molar-refractivity contribution in [2.45, 2.75) is 50.5 Å². The normalized spacial score (nSPS) is 22.2. The molecule has 7 heteroatoms. The van der Waals surface area contributed by atoms with Gasteiger partial charge in [0.05, 0.1) is 0 Å². The Hall–Kier alpha value is -0.660. The quantitative estimate of drug-likeness (QED) is 0.791. The number of rotatable bonds is 3. The van der Waals surface area contributed by atoms with Crippen LogP contribution < -0.4 is 10.5 Å². The summed E-state index contributed by atoms with van der Waals surface area (Å²) in [6.45, 7) is 4.07. The van der Waals surface area contributed by atoms with Crippen molar-refractivity contribution in [3.8, 4) is 0 Å². The van der Waals surface area contributed by atoms with Crippen LogP contribution in [-0.4, -0.2) is 14.5 Å². The minimum atomic E-state index is -3.93. The molecule has 0 bridgehead atoms. The van der Waals surface area contributed by atoms with Crippen molar-refractivity contribution in [1.29, 1.82) is 0 Å². The first-order chi connectivity index (χ1) is 9.63. The second kappa shape index (κ2) is 5.85. The van der Waals surface area contributed by atoms with Gasteiger partial charge in [-0.2, -0.15) is 0 Å².